The van der Waals surface area contributed by atoms with Gasteiger partial charge in [0.2, 0.25) is 5.95 Å². The summed E-state index contributed by atoms with van der Waals surface area (Å²) in [7, 11) is 0. The van der Waals surface area contributed by atoms with Crippen LogP contribution in [0.3, 0.4) is 0 Å². The van der Waals surface area contributed by atoms with E-state index >= 15 is 0 Å². The minimum absolute atomic E-state index is 0.0396. The zero-order valence-corrected chi connectivity index (χ0v) is 12.8. The van der Waals surface area contributed by atoms with Crippen molar-refractivity contribution >= 4 is 29.1 Å². The van der Waals surface area contributed by atoms with Crippen molar-refractivity contribution in [1.82, 2.24) is 9.97 Å². The quantitative estimate of drug-likeness (QED) is 0.770. The Morgan fingerprint density at radius 3 is 2.61 bits per heavy atom. The second-order valence-electron chi connectivity index (χ2n) is 4.82. The number of aromatic nitrogens is 2. The fraction of sp³-hybridized carbons (Fsp3) is 0.286. The summed E-state index contributed by atoms with van der Waals surface area (Å²) in [5.41, 5.74) is -0.602. The van der Waals surface area contributed by atoms with Gasteiger partial charge in [0.15, 0.2) is 5.69 Å². The Morgan fingerprint density at radius 2 is 2.00 bits per heavy atom. The maximum Gasteiger partial charge on any atom is 0.433 e. The molecule has 0 saturated carbocycles. The molecule has 2 rings (SSSR count). The third-order valence-corrected chi connectivity index (χ3v) is 3.00. The average molecular weight is 347 g/mol. The van der Waals surface area contributed by atoms with Crippen LogP contribution in [0.25, 0.3) is 0 Å². The van der Waals surface area contributed by atoms with E-state index in [9.17, 15) is 13.2 Å². The van der Waals surface area contributed by atoms with Gasteiger partial charge in [0.25, 0.3) is 0 Å². The molecule has 1 atom stereocenters. The Labute approximate surface area is 135 Å². The molecule has 5 nitrogen and oxygen atoms in total. The van der Waals surface area contributed by atoms with Gasteiger partial charge in [0.1, 0.15) is 5.82 Å². The normalized spacial score (nSPS) is 12.8. The number of benzene rings is 1. The van der Waals surface area contributed by atoms with Crippen molar-refractivity contribution in [3.8, 4) is 0 Å². The van der Waals surface area contributed by atoms with E-state index in [2.05, 4.69) is 20.6 Å². The number of halogens is 4. The van der Waals surface area contributed by atoms with Crippen LogP contribution in [0, 0.1) is 0 Å². The highest BCUT2D eigenvalue weighted by molar-refractivity contribution is 6.30. The van der Waals surface area contributed by atoms with Gasteiger partial charge in [-0.05, 0) is 25.1 Å². The van der Waals surface area contributed by atoms with E-state index in [1.54, 1.807) is 31.2 Å². The van der Waals surface area contributed by atoms with E-state index in [0.29, 0.717) is 10.7 Å². The molecule has 0 saturated heterocycles. The summed E-state index contributed by atoms with van der Waals surface area (Å²) in [6.45, 7) is 1.32. The maximum absolute atomic E-state index is 13.0. The van der Waals surface area contributed by atoms with Crippen LogP contribution >= 0.6 is 11.6 Å². The summed E-state index contributed by atoms with van der Waals surface area (Å²) in [6, 6.07) is 6.81. The number of hydrogen-bond donors (Lipinski definition) is 3. The predicted molar refractivity (Wildman–Crippen MR) is 81.9 cm³/mol. The number of nitrogens with one attached hydrogen (secondary N) is 2. The largest absolute Gasteiger partial charge is 0.433 e. The van der Waals surface area contributed by atoms with Crippen LogP contribution in [0.4, 0.5) is 30.6 Å². The highest BCUT2D eigenvalue weighted by Crippen LogP contribution is 2.30. The Morgan fingerprint density at radius 1 is 1.26 bits per heavy atom. The van der Waals surface area contributed by atoms with E-state index in [-0.39, 0.29) is 18.4 Å². The standard InChI is InChI=1S/C14H14ClF3N4O/c1-8(7-23)19-13-21-11(14(16,17)18)6-12(22-13)20-10-4-2-3-9(15)5-10/h2-6,8,23H,7H2,1H3,(H2,19,20,21,22)/t8-/m0/s1. The molecule has 2 aromatic rings. The summed E-state index contributed by atoms with van der Waals surface area (Å²) < 4.78 is 38.9. The van der Waals surface area contributed by atoms with Gasteiger partial charge in [0.05, 0.1) is 6.61 Å². The van der Waals surface area contributed by atoms with Crippen LogP contribution in [-0.2, 0) is 6.18 Å². The van der Waals surface area contributed by atoms with Gasteiger partial charge in [-0.15, -0.1) is 0 Å². The second-order valence-corrected chi connectivity index (χ2v) is 5.26. The van der Waals surface area contributed by atoms with Crippen molar-refractivity contribution < 1.29 is 18.3 Å². The molecule has 1 aromatic heterocycles. The van der Waals surface area contributed by atoms with Gasteiger partial charge in [-0.3, -0.25) is 0 Å². The monoisotopic (exact) mass is 346 g/mol. The Balaban J connectivity index is 2.35. The van der Waals surface area contributed by atoms with Crippen molar-refractivity contribution in [1.29, 1.82) is 0 Å². The van der Waals surface area contributed by atoms with Gasteiger partial charge in [-0.1, -0.05) is 17.7 Å². The first-order valence-corrected chi connectivity index (χ1v) is 7.02. The zero-order valence-electron chi connectivity index (χ0n) is 12.0. The van der Waals surface area contributed by atoms with Crippen LogP contribution in [0.5, 0.6) is 0 Å². The third kappa shape index (κ3) is 4.97. The summed E-state index contributed by atoms with van der Waals surface area (Å²) in [5.74, 6) is -0.270. The van der Waals surface area contributed by atoms with E-state index in [1.807, 2.05) is 0 Å². The van der Waals surface area contributed by atoms with E-state index in [0.717, 1.165) is 6.07 Å². The van der Waals surface area contributed by atoms with Crippen LogP contribution in [0.1, 0.15) is 12.6 Å². The minimum Gasteiger partial charge on any atom is -0.394 e. The SMILES string of the molecule is C[C@@H](CO)Nc1nc(Nc2cccc(Cl)c2)cc(C(F)(F)F)n1. The molecule has 9 heteroatoms. The average Bonchev–Trinajstić information content (AvgIpc) is 2.46. The van der Waals surface area contributed by atoms with Crippen molar-refractivity contribution in [2.45, 2.75) is 19.1 Å². The van der Waals surface area contributed by atoms with Crippen LogP contribution in [-0.4, -0.2) is 27.7 Å². The van der Waals surface area contributed by atoms with Gasteiger partial charge < -0.3 is 15.7 Å². The zero-order chi connectivity index (χ0) is 17.0. The molecule has 0 unspecified atom stereocenters. The smallest absolute Gasteiger partial charge is 0.394 e. The molecule has 0 radical (unpaired) electrons. The third-order valence-electron chi connectivity index (χ3n) is 2.76. The molecule has 0 aliphatic rings. The lowest BCUT2D eigenvalue weighted by Gasteiger charge is -2.15. The molecule has 0 spiro atoms. The van der Waals surface area contributed by atoms with Crippen molar-refractivity contribution in [2.24, 2.45) is 0 Å². The fourth-order valence-corrected chi connectivity index (χ4v) is 1.89. The number of aliphatic hydroxyl groups excluding tert-OH is 1. The number of nitrogens with zero attached hydrogens (tertiary/aromatic N) is 2. The molecule has 124 valence electrons. The molecule has 0 aliphatic heterocycles. The van der Waals surface area contributed by atoms with Gasteiger partial charge in [-0.2, -0.15) is 18.2 Å². The molecular weight excluding hydrogens is 333 g/mol. The van der Waals surface area contributed by atoms with E-state index in [1.165, 1.54) is 0 Å². The number of alkyl halides is 3. The lowest BCUT2D eigenvalue weighted by molar-refractivity contribution is -0.141. The first kappa shape index (κ1) is 17.3. The Kier molecular flexibility index (Phi) is 5.27. The number of rotatable bonds is 5. The van der Waals surface area contributed by atoms with E-state index in [4.69, 9.17) is 16.7 Å². The van der Waals surface area contributed by atoms with Gasteiger partial charge in [-0.25, -0.2) is 4.98 Å². The predicted octanol–water partition coefficient (Wildman–Crippen LogP) is 3.69. The second kappa shape index (κ2) is 7.01. The first-order chi connectivity index (χ1) is 10.8. The summed E-state index contributed by atoms with van der Waals surface area (Å²) in [5, 5.41) is 14.8. The van der Waals surface area contributed by atoms with Gasteiger partial charge in [0, 0.05) is 22.8 Å². The Hall–Kier alpha value is -2.06. The van der Waals surface area contributed by atoms with Crippen molar-refractivity contribution in [3.63, 3.8) is 0 Å². The van der Waals surface area contributed by atoms with Crippen LogP contribution in [0.15, 0.2) is 30.3 Å². The summed E-state index contributed by atoms with van der Waals surface area (Å²) in [6.07, 6.45) is -4.62. The van der Waals surface area contributed by atoms with Gasteiger partial charge >= 0.3 is 6.18 Å². The number of aliphatic hydroxyl groups is 1. The number of hydrogen-bond acceptors (Lipinski definition) is 5. The highest BCUT2D eigenvalue weighted by Gasteiger charge is 2.33. The maximum atomic E-state index is 13.0. The molecule has 0 bridgehead atoms. The van der Waals surface area contributed by atoms with Crippen molar-refractivity contribution in [2.75, 3.05) is 17.2 Å². The molecule has 0 fully saturated rings. The molecule has 0 aliphatic carbocycles. The number of anilines is 3. The fourth-order valence-electron chi connectivity index (χ4n) is 1.70. The van der Waals surface area contributed by atoms with E-state index < -0.39 is 17.9 Å². The highest BCUT2D eigenvalue weighted by atomic mass is 35.5. The van der Waals surface area contributed by atoms with Crippen LogP contribution < -0.4 is 10.6 Å². The molecule has 23 heavy (non-hydrogen) atoms. The molecule has 3 N–H and O–H groups in total. The van der Waals surface area contributed by atoms with Crippen molar-refractivity contribution in [3.05, 3.63) is 41.0 Å². The molecule has 1 heterocycles. The topological polar surface area (TPSA) is 70.1 Å². The lowest BCUT2D eigenvalue weighted by atomic mass is 10.3. The minimum atomic E-state index is -4.62. The lowest BCUT2D eigenvalue weighted by Crippen LogP contribution is -2.22. The molecule has 1 aromatic carbocycles. The Bertz CT molecular complexity index is 681. The van der Waals surface area contributed by atoms with Crippen LogP contribution in [0.2, 0.25) is 5.02 Å². The molecular formula is C14H14ClF3N4O. The first-order valence-electron chi connectivity index (χ1n) is 6.64. The molecule has 0 amide bonds. The summed E-state index contributed by atoms with van der Waals surface area (Å²) in [4.78, 5) is 7.40. The summed E-state index contributed by atoms with van der Waals surface area (Å²) >= 11 is 5.84.